The van der Waals surface area contributed by atoms with Gasteiger partial charge in [-0.2, -0.15) is 0 Å². The molecule has 5 nitrogen and oxygen atoms in total. The maximum atomic E-state index is 10.4. The molecule has 0 atom stereocenters. The molecule has 94 valence electrons. The molecule has 0 fully saturated rings. The van der Waals surface area contributed by atoms with Crippen LogP contribution in [0.3, 0.4) is 0 Å². The smallest absolute Gasteiger partial charge is 0.119 e. The molecule has 1 heterocycles. The molecule has 0 aliphatic carbocycles. The molecule has 0 bridgehead atoms. The van der Waals surface area contributed by atoms with E-state index >= 15 is 0 Å². The van der Waals surface area contributed by atoms with Gasteiger partial charge in [0.25, 0.3) is 0 Å². The van der Waals surface area contributed by atoms with E-state index < -0.39 is 5.97 Å². The average molecular weight is 245 g/mol. The zero-order chi connectivity index (χ0) is 12.8. The number of carbonyl (C=O) groups is 1. The molecule has 0 aliphatic heterocycles. The second kappa shape index (κ2) is 5.86. The van der Waals surface area contributed by atoms with Crippen LogP contribution in [0.15, 0.2) is 43.0 Å². The molecule has 18 heavy (non-hydrogen) atoms. The van der Waals surface area contributed by atoms with Crippen molar-refractivity contribution in [2.45, 2.75) is 13.0 Å². The van der Waals surface area contributed by atoms with Crippen LogP contribution >= 0.6 is 0 Å². The fourth-order valence-corrected chi connectivity index (χ4v) is 1.56. The highest BCUT2D eigenvalue weighted by Gasteiger charge is 1.97. The molecule has 0 unspecified atom stereocenters. The van der Waals surface area contributed by atoms with Gasteiger partial charge in [0.05, 0.1) is 12.9 Å². The van der Waals surface area contributed by atoms with Gasteiger partial charge in [0.1, 0.15) is 12.4 Å². The lowest BCUT2D eigenvalue weighted by molar-refractivity contribution is -0.304. The quantitative estimate of drug-likeness (QED) is 0.732. The molecule has 2 aromatic rings. The summed E-state index contributed by atoms with van der Waals surface area (Å²) >= 11 is 0. The number of hydrogen-bond donors (Lipinski definition) is 0. The molecular weight excluding hydrogens is 232 g/mol. The first kappa shape index (κ1) is 12.2. The number of imidazole rings is 1. The average Bonchev–Trinajstić information content (AvgIpc) is 2.84. The molecule has 2 rings (SSSR count). The predicted molar refractivity (Wildman–Crippen MR) is 62.9 cm³/mol. The van der Waals surface area contributed by atoms with Gasteiger partial charge < -0.3 is 19.2 Å². The van der Waals surface area contributed by atoms with Gasteiger partial charge in [0.15, 0.2) is 0 Å². The molecule has 5 heteroatoms. The maximum absolute atomic E-state index is 10.4. The van der Waals surface area contributed by atoms with Gasteiger partial charge >= 0.3 is 0 Å². The SMILES string of the molecule is O=C([O-])Cc1ccc(OCCn2ccnc2)cc1. The molecule has 1 aromatic heterocycles. The number of ether oxygens (including phenoxy) is 1. The van der Waals surface area contributed by atoms with E-state index in [0.29, 0.717) is 12.2 Å². The molecule has 0 radical (unpaired) electrons. The third-order valence-electron chi connectivity index (χ3n) is 2.45. The van der Waals surface area contributed by atoms with Crippen molar-refractivity contribution in [2.24, 2.45) is 0 Å². The summed E-state index contributed by atoms with van der Waals surface area (Å²) in [5.74, 6) is -0.360. The van der Waals surface area contributed by atoms with Crippen molar-refractivity contribution in [3.63, 3.8) is 0 Å². The molecule has 0 aliphatic rings. The minimum absolute atomic E-state index is 0.0741. The van der Waals surface area contributed by atoms with Crippen molar-refractivity contribution in [1.29, 1.82) is 0 Å². The van der Waals surface area contributed by atoms with E-state index in [1.54, 1.807) is 36.8 Å². The van der Waals surface area contributed by atoms with Crippen LogP contribution in [0, 0.1) is 0 Å². The van der Waals surface area contributed by atoms with Crippen LogP contribution in [-0.2, 0) is 17.8 Å². The first-order valence-electron chi connectivity index (χ1n) is 5.61. The van der Waals surface area contributed by atoms with E-state index in [2.05, 4.69) is 4.98 Å². The first-order chi connectivity index (χ1) is 8.74. The Balaban J connectivity index is 1.81. The van der Waals surface area contributed by atoms with Crippen LogP contribution in [-0.4, -0.2) is 22.1 Å². The summed E-state index contributed by atoms with van der Waals surface area (Å²) in [4.78, 5) is 14.3. The number of benzene rings is 1. The largest absolute Gasteiger partial charge is 0.550 e. The Labute approximate surface area is 105 Å². The summed E-state index contributed by atoms with van der Waals surface area (Å²) in [5, 5.41) is 10.4. The zero-order valence-corrected chi connectivity index (χ0v) is 9.78. The number of carboxylic acids is 1. The summed E-state index contributed by atoms with van der Waals surface area (Å²) in [6.07, 6.45) is 5.24. The van der Waals surface area contributed by atoms with Gasteiger partial charge in [-0.1, -0.05) is 12.1 Å². The van der Waals surface area contributed by atoms with Gasteiger partial charge in [-0.3, -0.25) is 0 Å². The first-order valence-corrected chi connectivity index (χ1v) is 5.61. The normalized spacial score (nSPS) is 10.2. The van der Waals surface area contributed by atoms with Crippen molar-refractivity contribution in [1.82, 2.24) is 9.55 Å². The van der Waals surface area contributed by atoms with E-state index in [4.69, 9.17) is 4.74 Å². The van der Waals surface area contributed by atoms with Crippen LogP contribution < -0.4 is 9.84 Å². The maximum Gasteiger partial charge on any atom is 0.119 e. The second-order valence-electron chi connectivity index (χ2n) is 3.84. The summed E-state index contributed by atoms with van der Waals surface area (Å²) in [6.45, 7) is 1.26. The van der Waals surface area contributed by atoms with Gasteiger partial charge in [-0.05, 0) is 17.7 Å². The third kappa shape index (κ3) is 3.62. The minimum atomic E-state index is -1.08. The van der Waals surface area contributed by atoms with E-state index in [1.165, 1.54) is 0 Å². The number of hydrogen-bond acceptors (Lipinski definition) is 4. The van der Waals surface area contributed by atoms with Crippen molar-refractivity contribution < 1.29 is 14.6 Å². The number of aromatic nitrogens is 2. The fourth-order valence-electron chi connectivity index (χ4n) is 1.56. The highest BCUT2D eigenvalue weighted by molar-refractivity contribution is 5.67. The molecule has 0 amide bonds. The minimum Gasteiger partial charge on any atom is -0.550 e. The lowest BCUT2D eigenvalue weighted by Gasteiger charge is -2.08. The van der Waals surface area contributed by atoms with Crippen LogP contribution in [0.1, 0.15) is 5.56 Å². The lowest BCUT2D eigenvalue weighted by Crippen LogP contribution is -2.24. The van der Waals surface area contributed by atoms with Crippen LogP contribution in [0.5, 0.6) is 5.75 Å². The Morgan fingerprint density at radius 1 is 1.33 bits per heavy atom. The molecule has 0 saturated carbocycles. The zero-order valence-electron chi connectivity index (χ0n) is 9.78. The van der Waals surface area contributed by atoms with Gasteiger partial charge in [0.2, 0.25) is 0 Å². The van der Waals surface area contributed by atoms with Gasteiger partial charge in [0, 0.05) is 24.8 Å². The standard InChI is InChI=1S/C13H14N2O3/c16-13(17)9-11-1-3-12(4-2-11)18-8-7-15-6-5-14-10-15/h1-6,10H,7-9H2,(H,16,17)/p-1. The Hall–Kier alpha value is -2.30. The Kier molecular flexibility index (Phi) is 3.96. The molecular formula is C13H13N2O3-. The fraction of sp³-hybridized carbons (Fsp3) is 0.231. The summed E-state index contributed by atoms with van der Waals surface area (Å²) in [5.41, 5.74) is 0.706. The van der Waals surface area contributed by atoms with Crippen molar-refractivity contribution in [2.75, 3.05) is 6.61 Å². The number of carbonyl (C=O) groups excluding carboxylic acids is 1. The summed E-state index contributed by atoms with van der Waals surface area (Å²) in [6, 6.07) is 6.96. The summed E-state index contributed by atoms with van der Waals surface area (Å²) in [7, 11) is 0. The lowest BCUT2D eigenvalue weighted by atomic mass is 10.1. The molecule has 0 N–H and O–H groups in total. The monoisotopic (exact) mass is 245 g/mol. The number of nitrogens with zero attached hydrogens (tertiary/aromatic N) is 2. The number of aliphatic carboxylic acids is 1. The Morgan fingerprint density at radius 3 is 2.72 bits per heavy atom. The molecule has 0 spiro atoms. The van der Waals surface area contributed by atoms with Crippen LogP contribution in [0.4, 0.5) is 0 Å². The Bertz CT molecular complexity index is 491. The predicted octanol–water partition coefficient (Wildman–Crippen LogP) is 0.254. The van der Waals surface area contributed by atoms with E-state index in [-0.39, 0.29) is 6.42 Å². The van der Waals surface area contributed by atoms with Crippen LogP contribution in [0.25, 0.3) is 0 Å². The van der Waals surface area contributed by atoms with E-state index in [9.17, 15) is 9.90 Å². The van der Waals surface area contributed by atoms with E-state index in [1.807, 2.05) is 10.8 Å². The van der Waals surface area contributed by atoms with Crippen LogP contribution in [0.2, 0.25) is 0 Å². The van der Waals surface area contributed by atoms with Gasteiger partial charge in [-0.15, -0.1) is 0 Å². The van der Waals surface area contributed by atoms with Crippen molar-refractivity contribution in [3.8, 4) is 5.75 Å². The summed E-state index contributed by atoms with van der Waals surface area (Å²) < 4.78 is 7.45. The number of rotatable bonds is 6. The second-order valence-corrected chi connectivity index (χ2v) is 3.84. The highest BCUT2D eigenvalue weighted by atomic mass is 16.5. The number of carboxylic acid groups (broad SMARTS) is 1. The molecule has 1 aromatic carbocycles. The van der Waals surface area contributed by atoms with E-state index in [0.717, 1.165) is 12.3 Å². The van der Waals surface area contributed by atoms with Crippen molar-refractivity contribution in [3.05, 3.63) is 48.5 Å². The topological polar surface area (TPSA) is 67.2 Å². The Morgan fingerprint density at radius 2 is 2.11 bits per heavy atom. The van der Waals surface area contributed by atoms with Gasteiger partial charge in [-0.25, -0.2) is 4.98 Å². The third-order valence-corrected chi connectivity index (χ3v) is 2.45. The molecule has 0 saturated heterocycles. The van der Waals surface area contributed by atoms with Crippen molar-refractivity contribution >= 4 is 5.97 Å². The highest BCUT2D eigenvalue weighted by Crippen LogP contribution is 2.12.